The van der Waals surface area contributed by atoms with E-state index in [0.717, 1.165) is 18.7 Å². The molecule has 5 nitrogen and oxygen atoms in total. The minimum Gasteiger partial charge on any atom is -0.369 e. The van der Waals surface area contributed by atoms with Gasteiger partial charge in [-0.25, -0.2) is 9.97 Å². The molecular formula is C20H20F3N5. The number of alkyl halides is 3. The van der Waals surface area contributed by atoms with Crippen LogP contribution < -0.4 is 5.32 Å². The summed E-state index contributed by atoms with van der Waals surface area (Å²) < 4.78 is 39.3. The Kier molecular flexibility index (Phi) is 5.89. The molecule has 1 N–H and O–H groups in total. The van der Waals surface area contributed by atoms with Crippen molar-refractivity contribution < 1.29 is 13.2 Å². The number of aromatic nitrogens is 3. The van der Waals surface area contributed by atoms with Crippen LogP contribution in [-0.2, 0) is 6.18 Å². The summed E-state index contributed by atoms with van der Waals surface area (Å²) in [4.78, 5) is 15.1. The average Bonchev–Trinajstić information content (AvgIpc) is 2.68. The molecule has 0 amide bonds. The fourth-order valence-corrected chi connectivity index (χ4v) is 2.57. The van der Waals surface area contributed by atoms with Gasteiger partial charge in [0.15, 0.2) is 5.82 Å². The lowest BCUT2D eigenvalue weighted by atomic mass is 10.1. The zero-order valence-electron chi connectivity index (χ0n) is 15.5. The normalized spacial score (nSPS) is 11.6. The smallest absolute Gasteiger partial charge is 0.369 e. The number of nitrogens with zero attached hydrogens (tertiary/aromatic N) is 4. The van der Waals surface area contributed by atoms with Crippen molar-refractivity contribution in [1.82, 2.24) is 19.9 Å². The summed E-state index contributed by atoms with van der Waals surface area (Å²) in [5.41, 5.74) is 0.756. The maximum Gasteiger partial charge on any atom is 0.416 e. The van der Waals surface area contributed by atoms with Gasteiger partial charge in [0.25, 0.3) is 0 Å². The van der Waals surface area contributed by atoms with Gasteiger partial charge >= 0.3 is 6.18 Å². The number of benzene rings is 1. The fraction of sp³-hybridized carbons (Fsp3) is 0.250. The monoisotopic (exact) mass is 387 g/mol. The Morgan fingerprint density at radius 3 is 2.46 bits per heavy atom. The van der Waals surface area contributed by atoms with E-state index in [1.54, 1.807) is 30.6 Å². The van der Waals surface area contributed by atoms with Crippen LogP contribution in [0, 0.1) is 0 Å². The Labute approximate surface area is 161 Å². The fourth-order valence-electron chi connectivity index (χ4n) is 2.57. The summed E-state index contributed by atoms with van der Waals surface area (Å²) in [5.74, 6) is 0.943. The Balaban J connectivity index is 2.02. The standard InChI is InChI=1S/C20H20F3N5/c1-28(2)10-9-25-18-12-17(14-5-3-7-16(11-14)20(21,22)23)26-19(27-18)15-6-4-8-24-13-15/h3-8,11-13H,9-10H2,1-2H3,(H,25,26,27). The van der Waals surface area contributed by atoms with Crippen molar-refractivity contribution in [3.8, 4) is 22.6 Å². The molecular weight excluding hydrogens is 367 g/mol. The highest BCUT2D eigenvalue weighted by molar-refractivity contribution is 5.67. The van der Waals surface area contributed by atoms with E-state index in [2.05, 4.69) is 20.3 Å². The summed E-state index contributed by atoms with van der Waals surface area (Å²) >= 11 is 0. The van der Waals surface area contributed by atoms with E-state index in [-0.39, 0.29) is 0 Å². The van der Waals surface area contributed by atoms with Crippen molar-refractivity contribution in [2.24, 2.45) is 0 Å². The first-order valence-corrected chi connectivity index (χ1v) is 8.68. The van der Waals surface area contributed by atoms with Gasteiger partial charge in [0.1, 0.15) is 5.82 Å². The Hall–Kier alpha value is -3.00. The number of likely N-dealkylation sites (N-methyl/N-ethyl adjacent to an activating group) is 1. The predicted octanol–water partition coefficient (Wildman–Crippen LogP) is 4.20. The van der Waals surface area contributed by atoms with E-state index in [9.17, 15) is 13.2 Å². The number of pyridine rings is 1. The van der Waals surface area contributed by atoms with Gasteiger partial charge in [-0.3, -0.25) is 4.98 Å². The quantitative estimate of drug-likeness (QED) is 0.687. The first-order valence-electron chi connectivity index (χ1n) is 8.68. The van der Waals surface area contributed by atoms with Crippen LogP contribution in [0.5, 0.6) is 0 Å². The topological polar surface area (TPSA) is 53.9 Å². The molecule has 2 heterocycles. The van der Waals surface area contributed by atoms with Crippen molar-refractivity contribution in [3.63, 3.8) is 0 Å². The number of halogens is 3. The van der Waals surface area contributed by atoms with Crippen LogP contribution in [-0.4, -0.2) is 47.0 Å². The summed E-state index contributed by atoms with van der Waals surface area (Å²) in [7, 11) is 3.91. The number of rotatable bonds is 6. The third kappa shape index (κ3) is 5.04. The van der Waals surface area contributed by atoms with Crippen molar-refractivity contribution >= 4 is 5.82 Å². The molecule has 0 unspecified atom stereocenters. The van der Waals surface area contributed by atoms with E-state index in [0.29, 0.717) is 35.0 Å². The minimum atomic E-state index is -4.41. The lowest BCUT2D eigenvalue weighted by molar-refractivity contribution is -0.137. The van der Waals surface area contributed by atoms with E-state index in [1.165, 1.54) is 6.07 Å². The molecule has 0 saturated carbocycles. The van der Waals surface area contributed by atoms with Crippen LogP contribution >= 0.6 is 0 Å². The molecule has 0 radical (unpaired) electrons. The van der Waals surface area contributed by atoms with Crippen LogP contribution in [0.4, 0.5) is 19.0 Å². The molecule has 0 aliphatic carbocycles. The van der Waals surface area contributed by atoms with Crippen LogP contribution in [0.15, 0.2) is 54.9 Å². The Bertz CT molecular complexity index is 927. The van der Waals surface area contributed by atoms with Gasteiger partial charge in [0.05, 0.1) is 11.3 Å². The first kappa shape index (κ1) is 19.8. The maximum atomic E-state index is 13.1. The molecule has 0 aliphatic heterocycles. The van der Waals surface area contributed by atoms with Crippen LogP contribution in [0.25, 0.3) is 22.6 Å². The molecule has 0 bridgehead atoms. The van der Waals surface area contributed by atoms with Gasteiger partial charge in [0.2, 0.25) is 0 Å². The molecule has 0 aliphatic rings. The van der Waals surface area contributed by atoms with E-state index in [1.807, 2.05) is 25.1 Å². The highest BCUT2D eigenvalue weighted by Crippen LogP contribution is 2.32. The van der Waals surface area contributed by atoms with E-state index >= 15 is 0 Å². The van der Waals surface area contributed by atoms with Crippen molar-refractivity contribution in [2.75, 3.05) is 32.5 Å². The van der Waals surface area contributed by atoms with Crippen LogP contribution in [0.1, 0.15) is 5.56 Å². The highest BCUT2D eigenvalue weighted by Gasteiger charge is 2.30. The largest absolute Gasteiger partial charge is 0.416 e. The highest BCUT2D eigenvalue weighted by atomic mass is 19.4. The second-order valence-corrected chi connectivity index (χ2v) is 6.51. The van der Waals surface area contributed by atoms with Crippen molar-refractivity contribution in [1.29, 1.82) is 0 Å². The molecule has 0 fully saturated rings. The van der Waals surface area contributed by atoms with Gasteiger partial charge in [-0.2, -0.15) is 13.2 Å². The molecule has 1 aromatic carbocycles. The lowest BCUT2D eigenvalue weighted by Gasteiger charge is -2.13. The molecule has 3 rings (SSSR count). The lowest BCUT2D eigenvalue weighted by Crippen LogP contribution is -2.21. The second-order valence-electron chi connectivity index (χ2n) is 6.51. The van der Waals surface area contributed by atoms with Gasteiger partial charge in [-0.1, -0.05) is 12.1 Å². The SMILES string of the molecule is CN(C)CCNc1cc(-c2cccc(C(F)(F)F)c2)nc(-c2cccnc2)n1. The van der Waals surface area contributed by atoms with Crippen LogP contribution in [0.3, 0.4) is 0 Å². The summed E-state index contributed by atoms with van der Waals surface area (Å²) in [6.45, 7) is 1.42. The molecule has 2 aromatic heterocycles. The van der Waals surface area contributed by atoms with E-state index < -0.39 is 11.7 Å². The molecule has 146 valence electrons. The molecule has 8 heteroatoms. The Morgan fingerprint density at radius 2 is 1.79 bits per heavy atom. The molecule has 3 aromatic rings. The third-order valence-corrected chi connectivity index (χ3v) is 4.00. The van der Waals surface area contributed by atoms with Crippen molar-refractivity contribution in [2.45, 2.75) is 6.18 Å². The molecule has 0 spiro atoms. The summed E-state index contributed by atoms with van der Waals surface area (Å²) in [6.07, 6.45) is -1.16. The van der Waals surface area contributed by atoms with E-state index in [4.69, 9.17) is 0 Å². The van der Waals surface area contributed by atoms with Crippen LogP contribution in [0.2, 0.25) is 0 Å². The van der Waals surface area contributed by atoms with Gasteiger partial charge in [-0.05, 0) is 38.4 Å². The molecule has 0 atom stereocenters. The van der Waals surface area contributed by atoms with Gasteiger partial charge in [-0.15, -0.1) is 0 Å². The van der Waals surface area contributed by atoms with Crippen molar-refractivity contribution in [3.05, 3.63) is 60.4 Å². The number of hydrogen-bond donors (Lipinski definition) is 1. The maximum absolute atomic E-state index is 13.1. The molecule has 0 saturated heterocycles. The number of hydrogen-bond acceptors (Lipinski definition) is 5. The number of nitrogens with one attached hydrogen (secondary N) is 1. The second kappa shape index (κ2) is 8.35. The van der Waals surface area contributed by atoms with Gasteiger partial charge < -0.3 is 10.2 Å². The number of anilines is 1. The summed E-state index contributed by atoms with van der Waals surface area (Å²) in [6, 6.07) is 10.3. The first-order chi connectivity index (χ1) is 13.3. The zero-order chi connectivity index (χ0) is 20.1. The average molecular weight is 387 g/mol. The molecule has 28 heavy (non-hydrogen) atoms. The Morgan fingerprint density at radius 1 is 1.00 bits per heavy atom. The minimum absolute atomic E-state index is 0.373. The summed E-state index contributed by atoms with van der Waals surface area (Å²) in [5, 5.41) is 3.21. The van der Waals surface area contributed by atoms with Gasteiger partial charge in [0, 0.05) is 42.7 Å². The third-order valence-electron chi connectivity index (χ3n) is 4.00. The predicted molar refractivity (Wildman–Crippen MR) is 103 cm³/mol. The zero-order valence-corrected chi connectivity index (χ0v) is 15.5.